The van der Waals surface area contributed by atoms with E-state index in [1.54, 1.807) is 31.2 Å². The van der Waals surface area contributed by atoms with Crippen molar-refractivity contribution in [3.05, 3.63) is 51.1 Å². The molecule has 1 N–H and O–H groups in total. The number of nitrogens with zero attached hydrogens (tertiary/aromatic N) is 1. The molecule has 0 spiro atoms. The second kappa shape index (κ2) is 7.08. The summed E-state index contributed by atoms with van der Waals surface area (Å²) >= 11 is 6.08. The number of nitro benzene ring substituents is 1. The second-order valence-electron chi connectivity index (χ2n) is 4.93. The highest BCUT2D eigenvalue weighted by molar-refractivity contribution is 8.26. The molecule has 1 aliphatic rings. The first kappa shape index (κ1) is 17.2. The number of carbonyl (C=O) groups is 1. The van der Waals surface area contributed by atoms with Crippen molar-refractivity contribution in [1.82, 2.24) is 5.32 Å². The lowest BCUT2D eigenvalue weighted by Gasteiger charge is -2.05. The molecule has 1 aromatic carbocycles. The molecule has 2 aromatic rings. The third-order valence-electron chi connectivity index (χ3n) is 3.28. The Morgan fingerprint density at radius 3 is 2.84 bits per heavy atom. The molecule has 2 heterocycles. The highest BCUT2D eigenvalue weighted by atomic mass is 32.2. The Labute approximate surface area is 152 Å². The molecule has 1 fully saturated rings. The van der Waals surface area contributed by atoms with Crippen LogP contribution in [0.3, 0.4) is 0 Å². The summed E-state index contributed by atoms with van der Waals surface area (Å²) in [7, 11) is 0. The van der Waals surface area contributed by atoms with Crippen molar-refractivity contribution in [2.75, 3.05) is 6.61 Å². The van der Waals surface area contributed by atoms with Gasteiger partial charge in [-0.15, -0.1) is 0 Å². The SMILES string of the molecule is CCOc1ccc(-c2ccc(C=C3SC(=S)NC3=O)o2)cc1[N+](=O)[O-]. The number of hydrogen-bond donors (Lipinski definition) is 1. The van der Waals surface area contributed by atoms with Crippen LogP contribution < -0.4 is 10.1 Å². The minimum atomic E-state index is -0.499. The summed E-state index contributed by atoms with van der Waals surface area (Å²) in [6.07, 6.45) is 1.58. The van der Waals surface area contributed by atoms with Crippen LogP contribution in [0.15, 0.2) is 39.7 Å². The van der Waals surface area contributed by atoms with Crippen LogP contribution in [0.5, 0.6) is 5.75 Å². The van der Waals surface area contributed by atoms with Crippen molar-refractivity contribution in [1.29, 1.82) is 0 Å². The molecular weight excluding hydrogens is 364 g/mol. The Morgan fingerprint density at radius 1 is 1.40 bits per heavy atom. The molecule has 0 saturated carbocycles. The molecule has 25 heavy (non-hydrogen) atoms. The van der Waals surface area contributed by atoms with E-state index < -0.39 is 4.92 Å². The van der Waals surface area contributed by atoms with E-state index >= 15 is 0 Å². The van der Waals surface area contributed by atoms with Gasteiger partial charge < -0.3 is 14.5 Å². The number of ether oxygens (including phenoxy) is 1. The topological polar surface area (TPSA) is 94.6 Å². The molecule has 0 bridgehead atoms. The molecule has 9 heteroatoms. The molecule has 0 aliphatic carbocycles. The Kier molecular flexibility index (Phi) is 4.86. The fourth-order valence-corrected chi connectivity index (χ4v) is 3.25. The fourth-order valence-electron chi connectivity index (χ4n) is 2.23. The average Bonchev–Trinajstić information content (AvgIpc) is 3.15. The summed E-state index contributed by atoms with van der Waals surface area (Å²) in [5.41, 5.74) is 0.408. The number of benzene rings is 1. The molecule has 3 rings (SSSR count). The third kappa shape index (κ3) is 3.72. The summed E-state index contributed by atoms with van der Waals surface area (Å²) in [6, 6.07) is 7.98. The van der Waals surface area contributed by atoms with E-state index in [0.29, 0.717) is 32.9 Å². The van der Waals surface area contributed by atoms with Gasteiger partial charge >= 0.3 is 5.69 Å². The highest BCUT2D eigenvalue weighted by Gasteiger charge is 2.23. The highest BCUT2D eigenvalue weighted by Crippen LogP contribution is 2.34. The first-order valence-electron chi connectivity index (χ1n) is 7.24. The second-order valence-corrected chi connectivity index (χ2v) is 6.65. The molecule has 0 atom stereocenters. The number of amides is 1. The van der Waals surface area contributed by atoms with Crippen LogP contribution in [0, 0.1) is 10.1 Å². The third-order valence-corrected chi connectivity index (χ3v) is 4.44. The van der Waals surface area contributed by atoms with Gasteiger partial charge in [0, 0.05) is 17.7 Å². The standard InChI is InChI=1S/C16H12N2O5S2/c1-2-22-13-5-3-9(7-11(13)18(20)21)12-6-4-10(23-12)8-14-15(19)17-16(24)25-14/h3-8H,2H2,1H3,(H,17,19,24). The lowest BCUT2D eigenvalue weighted by Crippen LogP contribution is -2.17. The van der Waals surface area contributed by atoms with Gasteiger partial charge in [-0.05, 0) is 31.2 Å². The lowest BCUT2D eigenvalue weighted by molar-refractivity contribution is -0.385. The van der Waals surface area contributed by atoms with E-state index in [1.165, 1.54) is 12.1 Å². The maximum absolute atomic E-state index is 11.7. The smallest absolute Gasteiger partial charge is 0.311 e. The van der Waals surface area contributed by atoms with E-state index in [0.717, 1.165) is 11.8 Å². The van der Waals surface area contributed by atoms with Gasteiger partial charge in [0.1, 0.15) is 15.8 Å². The van der Waals surface area contributed by atoms with Crippen LogP contribution in [0.25, 0.3) is 17.4 Å². The summed E-state index contributed by atoms with van der Waals surface area (Å²) in [4.78, 5) is 22.8. The van der Waals surface area contributed by atoms with Crippen molar-refractivity contribution < 1.29 is 18.9 Å². The van der Waals surface area contributed by atoms with Gasteiger partial charge in [0.15, 0.2) is 5.75 Å². The average molecular weight is 376 g/mol. The predicted octanol–water partition coefficient (Wildman–Crippen LogP) is 3.74. The van der Waals surface area contributed by atoms with Crippen LogP contribution in [0.4, 0.5) is 5.69 Å². The van der Waals surface area contributed by atoms with Crippen LogP contribution in [0.2, 0.25) is 0 Å². The molecule has 0 radical (unpaired) electrons. The molecule has 1 aromatic heterocycles. The number of nitrogens with one attached hydrogen (secondary N) is 1. The monoisotopic (exact) mass is 376 g/mol. The Morgan fingerprint density at radius 2 is 2.20 bits per heavy atom. The number of thioether (sulfide) groups is 1. The van der Waals surface area contributed by atoms with E-state index in [9.17, 15) is 14.9 Å². The van der Waals surface area contributed by atoms with Crippen molar-refractivity contribution >= 4 is 46.0 Å². The molecule has 0 unspecified atom stereocenters. The van der Waals surface area contributed by atoms with E-state index in [4.69, 9.17) is 21.4 Å². The lowest BCUT2D eigenvalue weighted by atomic mass is 10.1. The number of furan rings is 1. The van der Waals surface area contributed by atoms with Crippen LogP contribution in [-0.4, -0.2) is 21.8 Å². The zero-order valence-electron chi connectivity index (χ0n) is 13.0. The molecule has 1 saturated heterocycles. The van der Waals surface area contributed by atoms with Crippen LogP contribution >= 0.6 is 24.0 Å². The number of carbonyl (C=O) groups excluding carboxylic acids is 1. The molecule has 7 nitrogen and oxygen atoms in total. The van der Waals surface area contributed by atoms with Crippen molar-refractivity contribution in [2.24, 2.45) is 0 Å². The van der Waals surface area contributed by atoms with Gasteiger partial charge in [-0.3, -0.25) is 14.9 Å². The predicted molar refractivity (Wildman–Crippen MR) is 98.3 cm³/mol. The summed E-state index contributed by atoms with van der Waals surface area (Å²) in [6.45, 7) is 2.09. The van der Waals surface area contributed by atoms with Gasteiger partial charge in [0.05, 0.1) is 16.4 Å². The van der Waals surface area contributed by atoms with Gasteiger partial charge in [-0.25, -0.2) is 0 Å². The Hall–Kier alpha value is -2.65. The fraction of sp³-hybridized carbons (Fsp3) is 0.125. The van der Waals surface area contributed by atoms with Crippen molar-refractivity contribution in [3.63, 3.8) is 0 Å². The zero-order valence-corrected chi connectivity index (χ0v) is 14.6. The summed E-state index contributed by atoms with van der Waals surface area (Å²) in [5.74, 6) is 0.834. The van der Waals surface area contributed by atoms with Gasteiger partial charge in [0.25, 0.3) is 5.91 Å². The number of nitro groups is 1. The quantitative estimate of drug-likeness (QED) is 0.367. The minimum absolute atomic E-state index is 0.133. The van der Waals surface area contributed by atoms with Crippen molar-refractivity contribution in [2.45, 2.75) is 6.92 Å². The number of hydrogen-bond acceptors (Lipinski definition) is 7. The largest absolute Gasteiger partial charge is 0.487 e. The first-order valence-corrected chi connectivity index (χ1v) is 8.46. The van der Waals surface area contributed by atoms with E-state index in [1.807, 2.05) is 0 Å². The Balaban J connectivity index is 1.91. The minimum Gasteiger partial charge on any atom is -0.487 e. The maximum atomic E-state index is 11.7. The maximum Gasteiger partial charge on any atom is 0.311 e. The molecule has 1 aliphatic heterocycles. The molecule has 128 valence electrons. The van der Waals surface area contributed by atoms with Crippen LogP contribution in [0.1, 0.15) is 12.7 Å². The van der Waals surface area contributed by atoms with Gasteiger partial charge in [-0.1, -0.05) is 24.0 Å². The van der Waals surface area contributed by atoms with Crippen molar-refractivity contribution in [3.8, 4) is 17.1 Å². The summed E-state index contributed by atoms with van der Waals surface area (Å²) < 4.78 is 11.3. The molecule has 1 amide bonds. The summed E-state index contributed by atoms with van der Waals surface area (Å²) in [5, 5.41) is 13.7. The van der Waals surface area contributed by atoms with Crippen LogP contribution in [-0.2, 0) is 4.79 Å². The Bertz CT molecular complexity index is 904. The van der Waals surface area contributed by atoms with Gasteiger partial charge in [-0.2, -0.15) is 0 Å². The van der Waals surface area contributed by atoms with E-state index in [2.05, 4.69) is 5.32 Å². The normalized spacial score (nSPS) is 15.5. The van der Waals surface area contributed by atoms with E-state index in [-0.39, 0.29) is 17.3 Å². The molecular formula is C16H12N2O5S2. The first-order chi connectivity index (χ1) is 12.0. The number of thiocarbonyl (C=S) groups is 1. The number of rotatable bonds is 5. The zero-order chi connectivity index (χ0) is 18.0. The van der Waals surface area contributed by atoms with Gasteiger partial charge in [0.2, 0.25) is 0 Å².